The summed E-state index contributed by atoms with van der Waals surface area (Å²) in [4.78, 5) is 2.38. The van der Waals surface area contributed by atoms with E-state index in [1.165, 1.54) is 0 Å². The molecular formula is C14H31NO. The molecule has 0 aliphatic rings. The molecule has 2 atom stereocenters. The van der Waals surface area contributed by atoms with E-state index in [-0.39, 0.29) is 17.4 Å². The number of rotatable bonds is 6. The lowest BCUT2D eigenvalue weighted by molar-refractivity contribution is 0.0488. The minimum Gasteiger partial charge on any atom is -0.396 e. The maximum Gasteiger partial charge on any atom is 0.0497 e. The number of aliphatic hydroxyl groups is 1. The second-order valence-electron chi connectivity index (χ2n) is 6.68. The Hall–Kier alpha value is -0.0800. The molecular weight excluding hydrogens is 198 g/mol. The minimum atomic E-state index is 0.0447. The first-order chi connectivity index (χ1) is 7.16. The monoisotopic (exact) mass is 229 g/mol. The van der Waals surface area contributed by atoms with Gasteiger partial charge in [0.2, 0.25) is 0 Å². The summed E-state index contributed by atoms with van der Waals surface area (Å²) in [5, 5.41) is 9.52. The highest BCUT2D eigenvalue weighted by atomic mass is 16.3. The van der Waals surface area contributed by atoms with E-state index in [1.54, 1.807) is 0 Å². The molecule has 0 aromatic carbocycles. The summed E-state index contributed by atoms with van der Waals surface area (Å²) in [6, 6.07) is 0.523. The van der Waals surface area contributed by atoms with E-state index in [0.29, 0.717) is 6.04 Å². The van der Waals surface area contributed by atoms with Gasteiger partial charge in [-0.15, -0.1) is 0 Å². The Morgan fingerprint density at radius 2 is 1.69 bits per heavy atom. The molecule has 0 saturated carbocycles. The van der Waals surface area contributed by atoms with Crippen LogP contribution in [0.4, 0.5) is 0 Å². The quantitative estimate of drug-likeness (QED) is 0.756. The van der Waals surface area contributed by atoms with Crippen molar-refractivity contribution in [1.82, 2.24) is 4.90 Å². The predicted octanol–water partition coefficient (Wildman–Crippen LogP) is 3.15. The summed E-state index contributed by atoms with van der Waals surface area (Å²) in [5.41, 5.74) is 0.334. The second kappa shape index (κ2) is 6.02. The van der Waals surface area contributed by atoms with Crippen LogP contribution in [0, 0.1) is 10.8 Å². The van der Waals surface area contributed by atoms with Crippen molar-refractivity contribution < 1.29 is 5.11 Å². The molecule has 0 fully saturated rings. The molecule has 0 bridgehead atoms. The van der Waals surface area contributed by atoms with Gasteiger partial charge in [0.1, 0.15) is 0 Å². The molecule has 98 valence electrons. The highest BCUT2D eigenvalue weighted by Crippen LogP contribution is 2.28. The molecule has 0 amide bonds. The van der Waals surface area contributed by atoms with Crippen LogP contribution in [-0.2, 0) is 0 Å². The first kappa shape index (κ1) is 15.9. The zero-order valence-electron chi connectivity index (χ0n) is 12.3. The Morgan fingerprint density at radius 1 is 1.19 bits per heavy atom. The fourth-order valence-electron chi connectivity index (χ4n) is 2.21. The van der Waals surface area contributed by atoms with Crippen LogP contribution in [-0.4, -0.2) is 36.2 Å². The topological polar surface area (TPSA) is 23.5 Å². The van der Waals surface area contributed by atoms with Crippen molar-refractivity contribution in [2.45, 2.75) is 60.4 Å². The SMILES string of the molecule is CCCC(C)(CO)CN(C)C(C)C(C)(C)C. The highest BCUT2D eigenvalue weighted by Gasteiger charge is 2.30. The molecule has 0 aromatic rings. The summed E-state index contributed by atoms with van der Waals surface area (Å²) in [7, 11) is 2.17. The van der Waals surface area contributed by atoms with Crippen LogP contribution < -0.4 is 0 Å². The zero-order valence-corrected chi connectivity index (χ0v) is 12.3. The fourth-order valence-corrected chi connectivity index (χ4v) is 2.21. The van der Waals surface area contributed by atoms with Gasteiger partial charge < -0.3 is 10.0 Å². The average Bonchev–Trinajstić information content (AvgIpc) is 2.15. The van der Waals surface area contributed by atoms with E-state index in [4.69, 9.17) is 0 Å². The van der Waals surface area contributed by atoms with Crippen molar-refractivity contribution in [3.63, 3.8) is 0 Å². The summed E-state index contributed by atoms with van der Waals surface area (Å²) < 4.78 is 0. The molecule has 2 heteroatoms. The lowest BCUT2D eigenvalue weighted by Gasteiger charge is -2.40. The van der Waals surface area contributed by atoms with Crippen molar-refractivity contribution in [3.05, 3.63) is 0 Å². The van der Waals surface area contributed by atoms with Crippen molar-refractivity contribution >= 4 is 0 Å². The van der Waals surface area contributed by atoms with Crippen LogP contribution in [0.3, 0.4) is 0 Å². The smallest absolute Gasteiger partial charge is 0.0497 e. The maximum absolute atomic E-state index is 9.52. The molecule has 0 aliphatic heterocycles. The Morgan fingerprint density at radius 3 is 2.00 bits per heavy atom. The van der Waals surface area contributed by atoms with E-state index < -0.39 is 0 Å². The van der Waals surface area contributed by atoms with Gasteiger partial charge in [0, 0.05) is 24.6 Å². The van der Waals surface area contributed by atoms with Gasteiger partial charge in [0.05, 0.1) is 0 Å². The molecule has 16 heavy (non-hydrogen) atoms. The summed E-state index contributed by atoms with van der Waals surface area (Å²) in [6.07, 6.45) is 2.22. The first-order valence-corrected chi connectivity index (χ1v) is 6.47. The van der Waals surface area contributed by atoms with E-state index >= 15 is 0 Å². The summed E-state index contributed by atoms with van der Waals surface area (Å²) in [5.74, 6) is 0. The third-order valence-electron chi connectivity index (χ3n) is 3.78. The largest absolute Gasteiger partial charge is 0.396 e. The van der Waals surface area contributed by atoms with Crippen LogP contribution in [0.25, 0.3) is 0 Å². The molecule has 0 aromatic heterocycles. The van der Waals surface area contributed by atoms with Gasteiger partial charge >= 0.3 is 0 Å². The van der Waals surface area contributed by atoms with Gasteiger partial charge in [-0.3, -0.25) is 0 Å². The fraction of sp³-hybridized carbons (Fsp3) is 1.00. The molecule has 0 spiro atoms. The Balaban J connectivity index is 4.47. The molecule has 1 N–H and O–H groups in total. The number of nitrogens with zero attached hydrogens (tertiary/aromatic N) is 1. The van der Waals surface area contributed by atoms with Gasteiger partial charge in [0.15, 0.2) is 0 Å². The zero-order chi connectivity index (χ0) is 13.0. The number of aliphatic hydroxyl groups excluding tert-OH is 1. The summed E-state index contributed by atoms with van der Waals surface area (Å²) >= 11 is 0. The van der Waals surface area contributed by atoms with Gasteiger partial charge in [-0.05, 0) is 25.8 Å². The van der Waals surface area contributed by atoms with Crippen LogP contribution in [0.2, 0.25) is 0 Å². The molecule has 0 radical (unpaired) electrons. The van der Waals surface area contributed by atoms with E-state index in [0.717, 1.165) is 19.4 Å². The first-order valence-electron chi connectivity index (χ1n) is 6.47. The Bertz CT molecular complexity index is 197. The third kappa shape index (κ3) is 4.84. The van der Waals surface area contributed by atoms with Crippen LogP contribution in [0.15, 0.2) is 0 Å². The maximum atomic E-state index is 9.52. The van der Waals surface area contributed by atoms with Crippen molar-refractivity contribution in [2.75, 3.05) is 20.2 Å². The molecule has 0 saturated heterocycles. The predicted molar refractivity (Wildman–Crippen MR) is 71.6 cm³/mol. The van der Waals surface area contributed by atoms with Crippen molar-refractivity contribution in [3.8, 4) is 0 Å². The number of hydrogen-bond donors (Lipinski definition) is 1. The van der Waals surface area contributed by atoms with E-state index in [9.17, 15) is 5.11 Å². The third-order valence-corrected chi connectivity index (χ3v) is 3.78. The average molecular weight is 229 g/mol. The molecule has 0 rings (SSSR count). The molecule has 2 nitrogen and oxygen atoms in total. The van der Waals surface area contributed by atoms with Gasteiger partial charge in [-0.2, -0.15) is 0 Å². The van der Waals surface area contributed by atoms with Gasteiger partial charge in [-0.25, -0.2) is 0 Å². The van der Waals surface area contributed by atoms with Crippen LogP contribution in [0.1, 0.15) is 54.4 Å². The van der Waals surface area contributed by atoms with Crippen molar-refractivity contribution in [1.29, 1.82) is 0 Å². The lowest BCUT2D eigenvalue weighted by atomic mass is 9.82. The lowest BCUT2D eigenvalue weighted by Crippen LogP contribution is -2.45. The number of hydrogen-bond acceptors (Lipinski definition) is 2. The van der Waals surface area contributed by atoms with Gasteiger partial charge in [0.25, 0.3) is 0 Å². The molecule has 0 heterocycles. The van der Waals surface area contributed by atoms with Gasteiger partial charge in [-0.1, -0.05) is 41.0 Å². The highest BCUT2D eigenvalue weighted by molar-refractivity contribution is 4.83. The second-order valence-corrected chi connectivity index (χ2v) is 6.68. The summed E-state index contributed by atoms with van der Waals surface area (Å²) in [6.45, 7) is 14.7. The van der Waals surface area contributed by atoms with Crippen molar-refractivity contribution in [2.24, 2.45) is 10.8 Å². The standard InChI is InChI=1S/C14H31NO/c1-8-9-14(6,11-16)10-15(7)12(2)13(3,4)5/h12,16H,8-11H2,1-7H3. The minimum absolute atomic E-state index is 0.0447. The molecule has 2 unspecified atom stereocenters. The molecule has 0 aliphatic carbocycles. The van der Waals surface area contributed by atoms with E-state index in [2.05, 4.69) is 53.5 Å². The van der Waals surface area contributed by atoms with E-state index in [1.807, 2.05) is 0 Å². The Labute approximate surface area is 102 Å². The van der Waals surface area contributed by atoms with Crippen LogP contribution in [0.5, 0.6) is 0 Å². The van der Waals surface area contributed by atoms with Crippen LogP contribution >= 0.6 is 0 Å². The Kier molecular flexibility index (Phi) is 5.99. The normalized spacial score (nSPS) is 18.6.